The van der Waals surface area contributed by atoms with Gasteiger partial charge in [-0.2, -0.15) is 0 Å². The molecule has 0 aliphatic carbocycles. The molecule has 2 aromatic carbocycles. The second kappa shape index (κ2) is 8.73. The van der Waals surface area contributed by atoms with Crippen LogP contribution in [0.4, 0.5) is 21.9 Å². The minimum absolute atomic E-state index is 0.130. The number of carbonyl (C=O) groups is 1. The largest absolute Gasteiger partial charge is 0.497 e. The molecule has 2 aromatic rings. The molecule has 1 fully saturated rings. The summed E-state index contributed by atoms with van der Waals surface area (Å²) < 4.78 is 10.6. The van der Waals surface area contributed by atoms with Crippen LogP contribution in [-0.4, -0.2) is 65.4 Å². The minimum Gasteiger partial charge on any atom is -0.497 e. The summed E-state index contributed by atoms with van der Waals surface area (Å²) in [7, 11) is 7.24. The molecule has 0 bridgehead atoms. The van der Waals surface area contributed by atoms with E-state index >= 15 is 0 Å². The molecule has 0 spiro atoms. The highest BCUT2D eigenvalue weighted by Crippen LogP contribution is 2.29. The molecule has 0 atom stereocenters. The SMILES string of the molecule is COc1ccc(OC)c(NC(=O)N2CCN(c3ccc(N(C)C)cc3)CC2)c1. The Bertz CT molecular complexity index is 800. The van der Waals surface area contributed by atoms with Crippen molar-refractivity contribution in [3.05, 3.63) is 42.5 Å². The van der Waals surface area contributed by atoms with Crippen molar-refractivity contribution in [3.63, 3.8) is 0 Å². The first kappa shape index (κ1) is 19.7. The molecule has 28 heavy (non-hydrogen) atoms. The molecule has 2 amide bonds. The second-order valence-corrected chi connectivity index (χ2v) is 6.88. The van der Waals surface area contributed by atoms with Gasteiger partial charge < -0.3 is 29.5 Å². The summed E-state index contributed by atoms with van der Waals surface area (Å²) in [5, 5.41) is 2.94. The van der Waals surface area contributed by atoms with Gasteiger partial charge in [0.05, 0.1) is 19.9 Å². The average Bonchev–Trinajstić information content (AvgIpc) is 2.73. The van der Waals surface area contributed by atoms with E-state index in [4.69, 9.17) is 9.47 Å². The zero-order valence-corrected chi connectivity index (χ0v) is 16.9. The van der Waals surface area contributed by atoms with Crippen LogP contribution in [0.3, 0.4) is 0 Å². The molecule has 1 saturated heterocycles. The zero-order valence-electron chi connectivity index (χ0n) is 16.9. The average molecular weight is 384 g/mol. The van der Waals surface area contributed by atoms with Crippen molar-refractivity contribution in [2.75, 3.05) is 69.6 Å². The fourth-order valence-corrected chi connectivity index (χ4v) is 3.24. The van der Waals surface area contributed by atoms with Gasteiger partial charge in [-0.25, -0.2) is 4.79 Å². The van der Waals surface area contributed by atoms with E-state index in [9.17, 15) is 4.79 Å². The summed E-state index contributed by atoms with van der Waals surface area (Å²) in [6, 6.07) is 13.7. The van der Waals surface area contributed by atoms with Crippen LogP contribution in [-0.2, 0) is 0 Å². The number of nitrogens with zero attached hydrogens (tertiary/aromatic N) is 3. The number of hydrogen-bond acceptors (Lipinski definition) is 5. The van der Waals surface area contributed by atoms with E-state index in [0.29, 0.717) is 30.3 Å². The number of hydrogen-bond donors (Lipinski definition) is 1. The molecule has 3 rings (SSSR count). The Hall–Kier alpha value is -3.09. The topological polar surface area (TPSA) is 57.3 Å². The number of ether oxygens (including phenoxy) is 2. The molecule has 1 N–H and O–H groups in total. The Balaban J connectivity index is 1.59. The molecule has 0 aromatic heterocycles. The third-order valence-electron chi connectivity index (χ3n) is 4.95. The van der Waals surface area contributed by atoms with Gasteiger partial charge in [-0.15, -0.1) is 0 Å². The molecular weight excluding hydrogens is 356 g/mol. The molecule has 0 unspecified atom stereocenters. The van der Waals surface area contributed by atoms with Crippen LogP contribution in [0.25, 0.3) is 0 Å². The lowest BCUT2D eigenvalue weighted by atomic mass is 10.2. The maximum atomic E-state index is 12.7. The second-order valence-electron chi connectivity index (χ2n) is 6.88. The van der Waals surface area contributed by atoms with Gasteiger partial charge in [0, 0.05) is 57.7 Å². The zero-order chi connectivity index (χ0) is 20.1. The number of nitrogens with one attached hydrogen (secondary N) is 1. The highest BCUT2D eigenvalue weighted by atomic mass is 16.5. The van der Waals surface area contributed by atoms with Gasteiger partial charge in [-0.05, 0) is 36.4 Å². The number of piperazine rings is 1. The number of carbonyl (C=O) groups excluding carboxylic acids is 1. The Morgan fingerprint density at radius 3 is 2.21 bits per heavy atom. The van der Waals surface area contributed by atoms with E-state index in [1.165, 1.54) is 11.4 Å². The molecule has 0 radical (unpaired) electrons. The number of rotatable bonds is 5. The van der Waals surface area contributed by atoms with E-state index in [1.54, 1.807) is 32.4 Å². The number of methoxy groups -OCH3 is 2. The summed E-state index contributed by atoms with van der Waals surface area (Å²) in [6.07, 6.45) is 0. The molecule has 1 aliphatic rings. The smallest absolute Gasteiger partial charge is 0.322 e. The maximum absolute atomic E-state index is 12.7. The van der Waals surface area contributed by atoms with Crippen LogP contribution in [0.5, 0.6) is 11.5 Å². The van der Waals surface area contributed by atoms with Gasteiger partial charge in [-0.3, -0.25) is 0 Å². The predicted octanol–water partition coefficient (Wildman–Crippen LogP) is 3.12. The Morgan fingerprint density at radius 2 is 1.64 bits per heavy atom. The highest BCUT2D eigenvalue weighted by Gasteiger charge is 2.22. The highest BCUT2D eigenvalue weighted by molar-refractivity contribution is 5.91. The van der Waals surface area contributed by atoms with E-state index in [0.717, 1.165) is 13.1 Å². The molecule has 1 aliphatic heterocycles. The quantitative estimate of drug-likeness (QED) is 0.858. The lowest BCUT2D eigenvalue weighted by Gasteiger charge is -2.36. The molecule has 0 saturated carbocycles. The van der Waals surface area contributed by atoms with Gasteiger partial charge in [0.25, 0.3) is 0 Å². The van der Waals surface area contributed by atoms with Gasteiger partial charge >= 0.3 is 6.03 Å². The summed E-state index contributed by atoms with van der Waals surface area (Å²) >= 11 is 0. The molecular formula is C21H28N4O3. The van der Waals surface area contributed by atoms with Crippen LogP contribution < -0.4 is 24.6 Å². The summed E-state index contributed by atoms with van der Waals surface area (Å²) in [4.78, 5) is 18.9. The first-order valence-corrected chi connectivity index (χ1v) is 9.32. The minimum atomic E-state index is -0.130. The lowest BCUT2D eigenvalue weighted by molar-refractivity contribution is 0.208. The predicted molar refractivity (Wildman–Crippen MR) is 113 cm³/mol. The fourth-order valence-electron chi connectivity index (χ4n) is 3.24. The van der Waals surface area contributed by atoms with Crippen molar-refractivity contribution in [2.45, 2.75) is 0 Å². The van der Waals surface area contributed by atoms with Gasteiger partial charge in [0.1, 0.15) is 11.5 Å². The standard InChI is InChI=1S/C21H28N4O3/c1-23(2)16-5-7-17(8-6-16)24-11-13-25(14-12-24)21(26)22-19-15-18(27-3)9-10-20(19)28-4/h5-10,15H,11-14H2,1-4H3,(H,22,26). The van der Waals surface area contributed by atoms with Crippen molar-refractivity contribution in [1.29, 1.82) is 0 Å². The summed E-state index contributed by atoms with van der Waals surface area (Å²) in [6.45, 7) is 2.91. The maximum Gasteiger partial charge on any atom is 0.322 e. The number of benzene rings is 2. The lowest BCUT2D eigenvalue weighted by Crippen LogP contribution is -2.50. The van der Waals surface area contributed by atoms with Crippen LogP contribution >= 0.6 is 0 Å². The first-order valence-electron chi connectivity index (χ1n) is 9.32. The number of urea groups is 1. The van der Waals surface area contributed by atoms with Crippen molar-refractivity contribution in [2.24, 2.45) is 0 Å². The van der Waals surface area contributed by atoms with E-state index < -0.39 is 0 Å². The normalized spacial score (nSPS) is 13.9. The fraction of sp³-hybridized carbons (Fsp3) is 0.381. The molecule has 1 heterocycles. The van der Waals surface area contributed by atoms with Crippen LogP contribution in [0.15, 0.2) is 42.5 Å². The van der Waals surface area contributed by atoms with E-state index in [2.05, 4.69) is 39.4 Å². The van der Waals surface area contributed by atoms with Gasteiger partial charge in [0.15, 0.2) is 0 Å². The van der Waals surface area contributed by atoms with Gasteiger partial charge in [-0.1, -0.05) is 0 Å². The van der Waals surface area contributed by atoms with Crippen molar-refractivity contribution in [3.8, 4) is 11.5 Å². The van der Waals surface area contributed by atoms with Crippen molar-refractivity contribution in [1.82, 2.24) is 4.90 Å². The summed E-state index contributed by atoms with van der Waals surface area (Å²) in [5.41, 5.74) is 2.96. The number of amides is 2. The van der Waals surface area contributed by atoms with E-state index in [-0.39, 0.29) is 6.03 Å². The Labute approximate surface area is 166 Å². The van der Waals surface area contributed by atoms with Crippen LogP contribution in [0.1, 0.15) is 0 Å². The Morgan fingerprint density at radius 1 is 0.964 bits per heavy atom. The monoisotopic (exact) mass is 384 g/mol. The first-order chi connectivity index (χ1) is 13.5. The number of anilines is 3. The van der Waals surface area contributed by atoms with Gasteiger partial charge in [0.2, 0.25) is 0 Å². The molecule has 150 valence electrons. The van der Waals surface area contributed by atoms with Crippen LogP contribution in [0.2, 0.25) is 0 Å². The third-order valence-corrected chi connectivity index (χ3v) is 4.95. The van der Waals surface area contributed by atoms with Crippen molar-refractivity contribution >= 4 is 23.1 Å². The van der Waals surface area contributed by atoms with E-state index in [1.807, 2.05) is 19.0 Å². The van der Waals surface area contributed by atoms with Crippen LogP contribution in [0, 0.1) is 0 Å². The Kier molecular flexibility index (Phi) is 6.13. The summed E-state index contributed by atoms with van der Waals surface area (Å²) in [5.74, 6) is 1.27. The molecule has 7 heteroatoms. The molecule has 7 nitrogen and oxygen atoms in total. The van der Waals surface area contributed by atoms with Crippen molar-refractivity contribution < 1.29 is 14.3 Å². The third kappa shape index (κ3) is 4.42.